The number of hydrogen-bond donors (Lipinski definition) is 5. The van der Waals surface area contributed by atoms with Crippen LogP contribution in [0.25, 0.3) is 0 Å². The molecule has 0 aromatic heterocycles. The van der Waals surface area contributed by atoms with Gasteiger partial charge < -0.3 is 30.7 Å². The molecule has 2 aliphatic rings. The van der Waals surface area contributed by atoms with Gasteiger partial charge in [0, 0.05) is 0 Å². The van der Waals surface area contributed by atoms with Crippen molar-refractivity contribution in [1.29, 1.82) is 0 Å². The highest BCUT2D eigenvalue weighted by molar-refractivity contribution is 7.99. The van der Waals surface area contributed by atoms with Crippen molar-refractivity contribution in [3.05, 3.63) is 0 Å². The molecule has 0 aliphatic carbocycles. The Morgan fingerprint density at radius 1 is 1.33 bits per heavy atom. The minimum Gasteiger partial charge on any atom is -0.388 e. The predicted molar refractivity (Wildman–Crippen MR) is 109 cm³/mol. The lowest BCUT2D eigenvalue weighted by atomic mass is 9.92. The molecule has 9 atom stereocenters. The number of carbonyl (C=O) groups is 1. The first-order valence-electron chi connectivity index (χ1n) is 9.20. The van der Waals surface area contributed by atoms with Gasteiger partial charge in [0.25, 0.3) is 0 Å². The summed E-state index contributed by atoms with van der Waals surface area (Å²) in [6, 6.07) is -0.986. The van der Waals surface area contributed by atoms with Gasteiger partial charge in [0.1, 0.15) is 29.9 Å². The topological polar surface area (TPSA) is 111 Å². The van der Waals surface area contributed by atoms with E-state index in [1.54, 1.807) is 13.2 Å². The van der Waals surface area contributed by atoms with Gasteiger partial charge in [0.05, 0.1) is 17.5 Å². The van der Waals surface area contributed by atoms with Crippen molar-refractivity contribution in [3.8, 4) is 0 Å². The summed E-state index contributed by atoms with van der Waals surface area (Å²) in [7, 11) is 0. The van der Waals surface area contributed by atoms with Crippen LogP contribution in [0.3, 0.4) is 0 Å². The highest BCUT2D eigenvalue weighted by atomic mass is 35.5. The molecule has 0 saturated carbocycles. The van der Waals surface area contributed by atoms with E-state index in [0.29, 0.717) is 5.92 Å². The first-order chi connectivity index (χ1) is 12.3. The van der Waals surface area contributed by atoms with Crippen molar-refractivity contribution in [3.63, 3.8) is 0 Å². The van der Waals surface area contributed by atoms with Crippen molar-refractivity contribution in [2.75, 3.05) is 12.8 Å². The molecule has 7 nitrogen and oxygen atoms in total. The summed E-state index contributed by atoms with van der Waals surface area (Å²) < 4.78 is 5.76. The average molecular weight is 447 g/mol. The van der Waals surface area contributed by atoms with Crippen molar-refractivity contribution < 1.29 is 24.9 Å². The van der Waals surface area contributed by atoms with E-state index >= 15 is 0 Å². The van der Waals surface area contributed by atoms with Crippen molar-refractivity contribution in [2.24, 2.45) is 5.92 Å². The second-order valence-electron chi connectivity index (χ2n) is 7.24. The average Bonchev–Trinajstić information content (AvgIpc) is 3.07. The molecule has 2 rings (SSSR count). The third kappa shape index (κ3) is 6.09. The van der Waals surface area contributed by atoms with Crippen LogP contribution in [0.2, 0.25) is 0 Å². The zero-order valence-corrected chi connectivity index (χ0v) is 18.3. The van der Waals surface area contributed by atoms with Gasteiger partial charge in [0.15, 0.2) is 0 Å². The van der Waals surface area contributed by atoms with E-state index in [2.05, 4.69) is 17.6 Å². The molecular weight excluding hydrogens is 415 g/mol. The molecular formula is C17H32Cl2N2O5S. The smallest absolute Gasteiger partial charge is 0.237 e. The summed E-state index contributed by atoms with van der Waals surface area (Å²) in [6.45, 7) is 4.65. The molecule has 0 aromatic carbocycles. The largest absolute Gasteiger partial charge is 0.388 e. The molecule has 27 heavy (non-hydrogen) atoms. The van der Waals surface area contributed by atoms with Gasteiger partial charge >= 0.3 is 0 Å². The number of hydrogen-bond acceptors (Lipinski definition) is 7. The lowest BCUT2D eigenvalue weighted by molar-refractivity contribution is -0.205. The summed E-state index contributed by atoms with van der Waals surface area (Å²) in [5.41, 5.74) is -0.702. The second-order valence-corrected chi connectivity index (χ2v) is 8.86. The number of rotatable bonds is 7. The molecule has 0 aromatic rings. The summed E-state index contributed by atoms with van der Waals surface area (Å²) >= 11 is 7.50. The minimum absolute atomic E-state index is 0. The third-order valence-electron chi connectivity index (χ3n) is 5.23. The van der Waals surface area contributed by atoms with Gasteiger partial charge in [0.2, 0.25) is 5.91 Å². The Morgan fingerprint density at radius 3 is 2.56 bits per heavy atom. The molecule has 0 radical (unpaired) electrons. The first kappa shape index (κ1) is 25.2. The summed E-state index contributed by atoms with van der Waals surface area (Å²) in [5, 5.41) is 36.1. The highest BCUT2D eigenvalue weighted by Crippen LogP contribution is 2.30. The van der Waals surface area contributed by atoms with E-state index in [4.69, 9.17) is 16.3 Å². The van der Waals surface area contributed by atoms with Gasteiger partial charge in [-0.2, -0.15) is 0 Å². The van der Waals surface area contributed by atoms with E-state index in [-0.39, 0.29) is 24.4 Å². The Morgan fingerprint density at radius 2 is 2.00 bits per heavy atom. The van der Waals surface area contributed by atoms with Crippen molar-refractivity contribution in [2.45, 2.75) is 80.4 Å². The Hall–Kier alpha value is 0.200. The molecule has 5 N–H and O–H groups in total. The van der Waals surface area contributed by atoms with Crippen LogP contribution in [0.15, 0.2) is 0 Å². The molecule has 2 fully saturated rings. The van der Waals surface area contributed by atoms with Crippen LogP contribution in [-0.4, -0.2) is 81.3 Å². The second kappa shape index (κ2) is 11.4. The zero-order valence-electron chi connectivity index (χ0n) is 15.9. The minimum atomic E-state index is -1.36. The molecule has 10 heteroatoms. The van der Waals surface area contributed by atoms with E-state index in [0.717, 1.165) is 25.8 Å². The van der Waals surface area contributed by atoms with Crippen LogP contribution >= 0.6 is 35.8 Å². The summed E-state index contributed by atoms with van der Waals surface area (Å²) in [6.07, 6.45) is -0.144. The zero-order chi connectivity index (χ0) is 19.4. The van der Waals surface area contributed by atoms with E-state index < -0.39 is 41.3 Å². The lowest BCUT2D eigenvalue weighted by Gasteiger charge is -2.44. The number of aliphatic hydroxyl groups is 3. The molecule has 0 bridgehead atoms. The van der Waals surface area contributed by atoms with Gasteiger partial charge in [-0.1, -0.05) is 13.3 Å². The summed E-state index contributed by atoms with van der Waals surface area (Å²) in [5.74, 6) is 0.301. The van der Waals surface area contributed by atoms with Crippen LogP contribution < -0.4 is 10.6 Å². The fourth-order valence-electron chi connectivity index (χ4n) is 3.73. The Balaban J connectivity index is 0.00000364. The van der Waals surface area contributed by atoms with E-state index in [1.807, 2.05) is 0 Å². The van der Waals surface area contributed by atoms with Crippen molar-refractivity contribution in [1.82, 2.24) is 10.6 Å². The van der Waals surface area contributed by atoms with Crippen LogP contribution in [-0.2, 0) is 9.53 Å². The van der Waals surface area contributed by atoms with E-state index in [9.17, 15) is 20.1 Å². The standard InChI is InChI=1S/C17H31ClN2O5S.ClH/c1-4-5-9-6-10(19-7-9)16(24)20-11(8(2)18)15-13(22)12(21)14(23)17(25-15)26-3;/h8-15,17,19,21-23H,4-7H2,1-3H3,(H,20,24);1H/t8-,9+,10-,11+,12-,13+,14+,15+,17+;/m0./s1. The molecule has 0 unspecified atom stereocenters. The molecule has 2 heterocycles. The van der Waals surface area contributed by atoms with Crippen LogP contribution in [0.4, 0.5) is 0 Å². The number of aliphatic hydroxyl groups excluding tert-OH is 3. The quantitative estimate of drug-likeness (QED) is 0.361. The number of nitrogens with one attached hydrogen (secondary N) is 2. The fourth-order valence-corrected chi connectivity index (χ4v) is 4.61. The monoisotopic (exact) mass is 446 g/mol. The molecule has 1 amide bonds. The highest BCUT2D eigenvalue weighted by Gasteiger charge is 2.48. The number of carbonyl (C=O) groups excluding carboxylic acids is 1. The maximum Gasteiger partial charge on any atom is 0.237 e. The Kier molecular flexibility index (Phi) is 10.7. The number of halogens is 2. The van der Waals surface area contributed by atoms with Gasteiger partial charge in [-0.05, 0) is 38.5 Å². The lowest BCUT2D eigenvalue weighted by Crippen LogP contribution is -2.65. The van der Waals surface area contributed by atoms with Crippen LogP contribution in [0.1, 0.15) is 33.1 Å². The van der Waals surface area contributed by atoms with Crippen molar-refractivity contribution >= 4 is 41.7 Å². The number of amides is 1. The van der Waals surface area contributed by atoms with Crippen LogP contribution in [0, 0.1) is 5.92 Å². The van der Waals surface area contributed by atoms with Gasteiger partial charge in [-0.25, -0.2) is 0 Å². The fraction of sp³-hybridized carbons (Fsp3) is 0.941. The van der Waals surface area contributed by atoms with E-state index in [1.165, 1.54) is 11.8 Å². The third-order valence-corrected chi connectivity index (χ3v) is 6.36. The first-order valence-corrected chi connectivity index (χ1v) is 10.9. The molecule has 160 valence electrons. The Bertz CT molecular complexity index is 475. The number of alkyl halides is 1. The normalized spacial score (nSPS) is 38.7. The molecule has 2 aliphatic heterocycles. The van der Waals surface area contributed by atoms with Gasteiger partial charge in [-0.15, -0.1) is 35.8 Å². The maximum absolute atomic E-state index is 12.7. The maximum atomic E-state index is 12.7. The SMILES string of the molecule is CCC[C@H]1CN[C@H](C(=O)N[C@@H]([C@H]2O[C@H](SC)[C@H](O)[C@@H](O)[C@H]2O)[C@H](C)Cl)C1.Cl. The summed E-state index contributed by atoms with van der Waals surface area (Å²) in [4.78, 5) is 12.7. The number of thioether (sulfide) groups is 1. The molecule has 2 saturated heterocycles. The number of ether oxygens (including phenoxy) is 1. The molecule has 0 spiro atoms. The predicted octanol–water partition coefficient (Wildman–Crippen LogP) is 0.469. The Labute approximate surface area is 176 Å². The van der Waals surface area contributed by atoms with Crippen LogP contribution in [0.5, 0.6) is 0 Å². The van der Waals surface area contributed by atoms with Gasteiger partial charge in [-0.3, -0.25) is 4.79 Å².